The van der Waals surface area contributed by atoms with E-state index < -0.39 is 5.60 Å². The second-order valence-electron chi connectivity index (χ2n) is 9.14. The Bertz CT molecular complexity index is 985. The summed E-state index contributed by atoms with van der Waals surface area (Å²) >= 11 is 0. The number of aryl methyl sites for hydroxylation is 2. The van der Waals surface area contributed by atoms with Crippen molar-refractivity contribution in [2.24, 2.45) is 0 Å². The van der Waals surface area contributed by atoms with Crippen LogP contribution in [0.5, 0.6) is 5.75 Å². The predicted octanol–water partition coefficient (Wildman–Crippen LogP) is 3.47. The lowest BCUT2D eigenvalue weighted by Gasteiger charge is -2.42. The Kier molecular flexibility index (Phi) is 5.77. The van der Waals surface area contributed by atoms with Crippen molar-refractivity contribution in [1.82, 2.24) is 20.0 Å². The highest BCUT2D eigenvalue weighted by Gasteiger charge is 2.43. The number of benzene rings is 1. The van der Waals surface area contributed by atoms with Crippen LogP contribution in [0.1, 0.15) is 68.1 Å². The van der Waals surface area contributed by atoms with Crippen molar-refractivity contribution < 1.29 is 14.3 Å². The third-order valence-electron chi connectivity index (χ3n) is 6.60. The number of hydrogen-bond acceptors (Lipinski definition) is 4. The van der Waals surface area contributed by atoms with Gasteiger partial charge in [-0.3, -0.25) is 14.3 Å². The average Bonchev–Trinajstić information content (AvgIpc) is 3.01. The van der Waals surface area contributed by atoms with Crippen LogP contribution < -0.4 is 10.1 Å². The summed E-state index contributed by atoms with van der Waals surface area (Å²) in [6.07, 6.45) is 2.92. The monoisotopic (exact) mass is 424 g/mol. The number of amides is 2. The first kappa shape index (κ1) is 21.4. The molecule has 7 nitrogen and oxygen atoms in total. The van der Waals surface area contributed by atoms with E-state index in [0.717, 1.165) is 29.1 Å². The minimum Gasteiger partial charge on any atom is -0.487 e. The van der Waals surface area contributed by atoms with Gasteiger partial charge < -0.3 is 15.0 Å². The van der Waals surface area contributed by atoms with E-state index in [4.69, 9.17) is 4.74 Å². The fourth-order valence-corrected chi connectivity index (χ4v) is 4.90. The normalized spacial score (nSPS) is 24.3. The van der Waals surface area contributed by atoms with Gasteiger partial charge in [0.05, 0.1) is 17.8 Å². The van der Waals surface area contributed by atoms with Crippen molar-refractivity contribution in [2.45, 2.75) is 70.6 Å². The number of likely N-dealkylation sites (tertiary alicyclic amines) is 1. The number of fused-ring (bicyclic) bond motifs is 1. The number of rotatable bonds is 4. The fourth-order valence-electron chi connectivity index (χ4n) is 4.90. The van der Waals surface area contributed by atoms with E-state index in [-0.39, 0.29) is 23.9 Å². The van der Waals surface area contributed by atoms with Gasteiger partial charge in [-0.05, 0) is 39.3 Å². The van der Waals surface area contributed by atoms with E-state index in [1.165, 1.54) is 0 Å². The Morgan fingerprint density at radius 3 is 2.84 bits per heavy atom. The van der Waals surface area contributed by atoms with Crippen LogP contribution in [0.15, 0.2) is 30.3 Å². The van der Waals surface area contributed by atoms with E-state index in [1.807, 2.05) is 62.8 Å². The largest absolute Gasteiger partial charge is 0.487 e. The Hall–Kier alpha value is -2.83. The molecule has 2 aliphatic rings. The topological polar surface area (TPSA) is 76.5 Å². The summed E-state index contributed by atoms with van der Waals surface area (Å²) in [5.41, 5.74) is 2.58. The molecule has 1 spiro atoms. The van der Waals surface area contributed by atoms with Crippen LogP contribution in [-0.4, -0.2) is 45.7 Å². The molecule has 0 saturated carbocycles. The lowest BCUT2D eigenvalue weighted by Crippen LogP contribution is -2.46. The lowest BCUT2D eigenvalue weighted by atomic mass is 9.82. The molecule has 1 saturated heterocycles. The summed E-state index contributed by atoms with van der Waals surface area (Å²) in [5, 5.41) is 7.78. The maximum Gasteiger partial charge on any atom is 0.222 e. The molecule has 1 aromatic carbocycles. The van der Waals surface area contributed by atoms with Gasteiger partial charge in [0.1, 0.15) is 11.4 Å². The molecule has 31 heavy (non-hydrogen) atoms. The van der Waals surface area contributed by atoms with Gasteiger partial charge in [-0.15, -0.1) is 0 Å². The predicted molar refractivity (Wildman–Crippen MR) is 118 cm³/mol. The van der Waals surface area contributed by atoms with E-state index in [1.54, 1.807) is 4.90 Å². The molecule has 1 N–H and O–H groups in total. The highest BCUT2D eigenvalue weighted by Crippen LogP contribution is 2.44. The summed E-state index contributed by atoms with van der Waals surface area (Å²) in [4.78, 5) is 27.0. The molecule has 0 aliphatic carbocycles. The van der Waals surface area contributed by atoms with Gasteiger partial charge in [-0.1, -0.05) is 18.2 Å². The second kappa shape index (κ2) is 8.36. The molecule has 2 amide bonds. The minimum absolute atomic E-state index is 0.00118. The molecule has 1 aromatic heterocycles. The summed E-state index contributed by atoms with van der Waals surface area (Å²) in [7, 11) is 1.84. The maximum absolute atomic E-state index is 13.0. The zero-order chi connectivity index (χ0) is 22.2. The number of hydrogen-bond donors (Lipinski definition) is 1. The van der Waals surface area contributed by atoms with Gasteiger partial charge >= 0.3 is 0 Å². The number of aromatic nitrogens is 2. The third kappa shape index (κ3) is 4.45. The quantitative estimate of drug-likeness (QED) is 0.815. The first-order valence-electron chi connectivity index (χ1n) is 11.1. The number of carbonyl (C=O) groups is 2. The number of nitrogens with one attached hydrogen (secondary N) is 1. The van der Waals surface area contributed by atoms with Crippen molar-refractivity contribution >= 4 is 11.8 Å². The number of nitrogens with zero attached hydrogens (tertiary/aromatic N) is 3. The van der Waals surface area contributed by atoms with Crippen LogP contribution in [-0.2, 0) is 9.59 Å². The average molecular weight is 425 g/mol. The molecular formula is C24H32N4O3. The molecule has 166 valence electrons. The van der Waals surface area contributed by atoms with Crippen LogP contribution in [0.25, 0.3) is 0 Å². The van der Waals surface area contributed by atoms with E-state index in [9.17, 15) is 9.59 Å². The molecule has 7 heteroatoms. The van der Waals surface area contributed by atoms with Crippen molar-refractivity contribution in [3.05, 3.63) is 47.3 Å². The summed E-state index contributed by atoms with van der Waals surface area (Å²) in [6.45, 7) is 6.66. The molecule has 2 aromatic rings. The number of para-hydroxylation sites is 1. The van der Waals surface area contributed by atoms with Crippen LogP contribution in [0.4, 0.5) is 0 Å². The summed E-state index contributed by atoms with van der Waals surface area (Å²) in [5.74, 6) is 0.958. The zero-order valence-corrected chi connectivity index (χ0v) is 18.9. The molecule has 3 heterocycles. The molecule has 0 bridgehead atoms. The summed E-state index contributed by atoms with van der Waals surface area (Å²) in [6, 6.07) is 9.77. The standard InChI is InChI=1S/C24H32N4O3/c1-16-13-17(2)28(26-16)18(3)14-22(29)25-20-15-24(10-9-23(30)27(4)12-11-24)31-21-8-6-5-7-19(20)21/h5-8,13,18,20H,9-12,14-15H2,1-4H3,(H,25,29)/t18-,20-,24-/m0/s1. The first-order chi connectivity index (χ1) is 14.8. The van der Waals surface area contributed by atoms with Crippen LogP contribution in [0.2, 0.25) is 0 Å². The summed E-state index contributed by atoms with van der Waals surface area (Å²) < 4.78 is 8.39. The van der Waals surface area contributed by atoms with Gasteiger partial charge in [0.15, 0.2) is 0 Å². The van der Waals surface area contributed by atoms with E-state index >= 15 is 0 Å². The van der Waals surface area contributed by atoms with Crippen molar-refractivity contribution in [1.29, 1.82) is 0 Å². The van der Waals surface area contributed by atoms with Crippen molar-refractivity contribution in [2.75, 3.05) is 13.6 Å². The minimum atomic E-state index is -0.436. The maximum atomic E-state index is 13.0. The zero-order valence-electron chi connectivity index (χ0n) is 18.9. The Labute approximate surface area is 183 Å². The van der Waals surface area contributed by atoms with E-state index in [2.05, 4.69) is 10.4 Å². The highest BCUT2D eigenvalue weighted by atomic mass is 16.5. The van der Waals surface area contributed by atoms with Crippen LogP contribution >= 0.6 is 0 Å². The van der Waals surface area contributed by atoms with Crippen LogP contribution in [0.3, 0.4) is 0 Å². The molecule has 2 aliphatic heterocycles. The SMILES string of the molecule is Cc1cc(C)n([C@@H](C)CC(=O)N[C@H]2C[C@@]3(CCC(=O)N(C)CC3)Oc3ccccc32)n1. The molecule has 3 atom stereocenters. The molecular weight excluding hydrogens is 392 g/mol. The molecule has 4 rings (SSSR count). The lowest BCUT2D eigenvalue weighted by molar-refractivity contribution is -0.129. The number of ether oxygens (including phenoxy) is 1. The van der Waals surface area contributed by atoms with Gasteiger partial charge in [-0.25, -0.2) is 0 Å². The molecule has 1 fully saturated rings. The van der Waals surface area contributed by atoms with Crippen molar-refractivity contribution in [3.8, 4) is 5.75 Å². The smallest absolute Gasteiger partial charge is 0.222 e. The van der Waals surface area contributed by atoms with Gasteiger partial charge in [-0.2, -0.15) is 5.10 Å². The number of carbonyl (C=O) groups excluding carboxylic acids is 2. The first-order valence-corrected chi connectivity index (χ1v) is 11.1. The van der Waals surface area contributed by atoms with E-state index in [0.29, 0.717) is 32.2 Å². The van der Waals surface area contributed by atoms with Gasteiger partial charge in [0.25, 0.3) is 0 Å². The fraction of sp³-hybridized carbons (Fsp3) is 0.542. The van der Waals surface area contributed by atoms with Gasteiger partial charge in [0.2, 0.25) is 11.8 Å². The Balaban J connectivity index is 1.52. The van der Waals surface area contributed by atoms with Gasteiger partial charge in [0, 0.05) is 50.5 Å². The Morgan fingerprint density at radius 2 is 2.10 bits per heavy atom. The Morgan fingerprint density at radius 1 is 1.32 bits per heavy atom. The molecule has 0 unspecified atom stereocenters. The highest BCUT2D eigenvalue weighted by molar-refractivity contribution is 5.77. The van der Waals surface area contributed by atoms with Crippen LogP contribution in [0, 0.1) is 13.8 Å². The second-order valence-corrected chi connectivity index (χ2v) is 9.14. The van der Waals surface area contributed by atoms with Crippen molar-refractivity contribution in [3.63, 3.8) is 0 Å². The third-order valence-corrected chi connectivity index (χ3v) is 6.60. The molecule has 0 radical (unpaired) electrons.